The van der Waals surface area contributed by atoms with Gasteiger partial charge in [-0.15, -0.1) is 0 Å². The van der Waals surface area contributed by atoms with Gasteiger partial charge < -0.3 is 14.5 Å². The van der Waals surface area contributed by atoms with Crippen molar-refractivity contribution in [3.8, 4) is 11.3 Å². The number of carbonyl (C=O) groups excluding carboxylic acids is 2. The number of furan rings is 1. The van der Waals surface area contributed by atoms with Crippen LogP contribution in [0.15, 0.2) is 70.1 Å². The van der Waals surface area contributed by atoms with Gasteiger partial charge in [0.1, 0.15) is 28.6 Å². The lowest BCUT2D eigenvalue weighted by Gasteiger charge is -2.33. The molecule has 12 nitrogen and oxygen atoms in total. The maximum absolute atomic E-state index is 15.2. The van der Waals surface area contributed by atoms with Crippen molar-refractivity contribution in [1.82, 2.24) is 14.2 Å². The number of piperidine rings is 1. The molecule has 3 aromatic carbocycles. The van der Waals surface area contributed by atoms with E-state index in [1.54, 1.807) is 26.8 Å². The molecule has 5 aromatic rings. The summed E-state index contributed by atoms with van der Waals surface area (Å²) in [4.78, 5) is 26.8. The number of nitrogens with zero attached hydrogens (tertiary/aromatic N) is 2. The van der Waals surface area contributed by atoms with Crippen LogP contribution in [0.3, 0.4) is 0 Å². The number of benzene rings is 3. The van der Waals surface area contributed by atoms with E-state index < -0.39 is 60.2 Å². The number of nitrogens with one attached hydrogen (secondary N) is 2. The summed E-state index contributed by atoms with van der Waals surface area (Å²) in [5.74, 6) is -2.56. The van der Waals surface area contributed by atoms with E-state index in [-0.39, 0.29) is 52.3 Å². The van der Waals surface area contributed by atoms with Crippen molar-refractivity contribution < 1.29 is 44.4 Å². The fourth-order valence-electron chi connectivity index (χ4n) is 6.40. The molecule has 0 spiro atoms. The average molecular weight is 757 g/mol. The lowest BCUT2D eigenvalue weighted by atomic mass is 9.89. The number of rotatable bonds is 8. The minimum absolute atomic E-state index is 0.0549. The number of halogens is 2. The van der Waals surface area contributed by atoms with Crippen LogP contribution in [0.5, 0.6) is 0 Å². The van der Waals surface area contributed by atoms with E-state index in [1.165, 1.54) is 66.8 Å². The molecule has 1 saturated heterocycles. The summed E-state index contributed by atoms with van der Waals surface area (Å²) >= 11 is 0. The summed E-state index contributed by atoms with van der Waals surface area (Å²) in [5, 5.41) is 2.62. The highest BCUT2D eigenvalue weighted by atomic mass is 32.2. The van der Waals surface area contributed by atoms with Gasteiger partial charge in [0, 0.05) is 42.5 Å². The van der Waals surface area contributed by atoms with Gasteiger partial charge in [0.25, 0.3) is 15.9 Å². The fraction of sp³-hybridized carbons (Fsp3) is 0.333. The van der Waals surface area contributed by atoms with E-state index in [0.717, 1.165) is 10.6 Å². The van der Waals surface area contributed by atoms with Gasteiger partial charge in [0.05, 0.1) is 22.5 Å². The highest BCUT2D eigenvalue weighted by Gasteiger charge is 2.38. The molecule has 52 heavy (non-hydrogen) atoms. The smallest absolute Gasteiger partial charge is 0.420 e. The van der Waals surface area contributed by atoms with Gasteiger partial charge >= 0.3 is 6.09 Å². The Morgan fingerprint density at radius 1 is 1.02 bits per heavy atom. The van der Waals surface area contributed by atoms with Crippen LogP contribution in [0.25, 0.3) is 33.2 Å². The van der Waals surface area contributed by atoms with Gasteiger partial charge in [0.2, 0.25) is 10.0 Å². The van der Waals surface area contributed by atoms with Crippen molar-refractivity contribution in [2.24, 2.45) is 0 Å². The number of carbonyl (C=O) groups is 2. The molecule has 1 aliphatic heterocycles. The monoisotopic (exact) mass is 756 g/mol. The van der Waals surface area contributed by atoms with Gasteiger partial charge in [-0.25, -0.2) is 35.0 Å². The molecule has 0 bridgehead atoms. The first-order valence-electron chi connectivity index (χ1n) is 16.6. The van der Waals surface area contributed by atoms with Gasteiger partial charge in [-0.2, -0.15) is 4.31 Å². The van der Waals surface area contributed by atoms with E-state index in [1.807, 2.05) is 0 Å². The molecular weight excluding hydrogens is 719 g/mol. The number of para-hydroxylation sites is 1. The molecule has 3 heterocycles. The third kappa shape index (κ3) is 7.01. The molecule has 1 aliphatic rings. The molecule has 0 saturated carbocycles. The normalized spacial score (nSPS) is 15.9. The number of hydrogen-bond donors (Lipinski definition) is 2. The number of sulfonamides is 2. The first-order chi connectivity index (χ1) is 24.4. The van der Waals surface area contributed by atoms with Crippen molar-refractivity contribution in [1.29, 1.82) is 0 Å². The number of aromatic nitrogens is 1. The summed E-state index contributed by atoms with van der Waals surface area (Å²) in [5.41, 5.74) is -0.0384. The third-order valence-electron chi connectivity index (χ3n) is 8.81. The Morgan fingerprint density at radius 2 is 1.73 bits per heavy atom. The van der Waals surface area contributed by atoms with E-state index in [9.17, 15) is 30.8 Å². The van der Waals surface area contributed by atoms with Crippen LogP contribution >= 0.6 is 0 Å². The SMILES string of the molecule is CCS(=O)(=O)Nc1cc2oc(-c3ccc(F)cc3)c(C(=O)NC)c2cc1C1CCCN(S(=O)(=O)c2cc3cccc(F)c3n2C(=O)OC(C)(C)C)C1. The molecule has 0 aliphatic carbocycles. The van der Waals surface area contributed by atoms with Crippen molar-refractivity contribution in [3.63, 3.8) is 0 Å². The number of amides is 1. The molecule has 1 amide bonds. The Morgan fingerprint density at radius 3 is 2.38 bits per heavy atom. The third-order valence-corrected chi connectivity index (χ3v) is 11.9. The van der Waals surface area contributed by atoms with Gasteiger partial charge in [-0.05, 0) is 94.5 Å². The highest BCUT2D eigenvalue weighted by Crippen LogP contribution is 2.42. The van der Waals surface area contributed by atoms with E-state index in [4.69, 9.17) is 9.15 Å². The second kappa shape index (κ2) is 13.6. The van der Waals surface area contributed by atoms with Gasteiger partial charge in [-0.1, -0.05) is 12.1 Å². The number of ether oxygens (including phenoxy) is 1. The zero-order valence-electron chi connectivity index (χ0n) is 29.1. The van der Waals surface area contributed by atoms with Crippen LogP contribution in [0.1, 0.15) is 62.4 Å². The Bertz CT molecular complexity index is 2430. The molecule has 1 unspecified atom stereocenters. The summed E-state index contributed by atoms with van der Waals surface area (Å²) in [6.07, 6.45) is -0.294. The van der Waals surface area contributed by atoms with Gasteiger partial charge in [0.15, 0.2) is 5.03 Å². The maximum Gasteiger partial charge on any atom is 0.420 e. The standard InChI is InChI=1S/C36H38F2N4O8S2/c1-6-51(45,46)40-28-19-29-26(31(34(43)39-5)33(49-29)21-12-14-24(37)15-13-21)18-25(28)23-10-8-16-41(20-23)52(47,48)30-17-22-9-7-11-27(38)32(22)42(30)35(44)50-36(2,3)4/h7,9,11-15,17-19,23,40H,6,8,10,16,20H2,1-5H3,(H,39,43). The Kier molecular flexibility index (Phi) is 9.70. The minimum atomic E-state index is -4.49. The maximum atomic E-state index is 15.2. The molecule has 2 aromatic heterocycles. The summed E-state index contributed by atoms with van der Waals surface area (Å²) in [6.45, 7) is 6.19. The summed E-state index contributed by atoms with van der Waals surface area (Å²) in [6, 6.07) is 13.7. The molecule has 1 atom stereocenters. The largest absolute Gasteiger partial charge is 0.455 e. The predicted molar refractivity (Wildman–Crippen MR) is 192 cm³/mol. The Hall–Kier alpha value is -4.80. The second-order valence-corrected chi connectivity index (χ2v) is 17.4. The molecule has 16 heteroatoms. The topological polar surface area (TPSA) is 157 Å². The van der Waals surface area contributed by atoms with Crippen LogP contribution in [0.4, 0.5) is 19.3 Å². The lowest BCUT2D eigenvalue weighted by Crippen LogP contribution is -2.40. The minimum Gasteiger partial charge on any atom is -0.455 e. The molecule has 0 radical (unpaired) electrons. The van der Waals surface area contributed by atoms with Crippen LogP contribution in [0, 0.1) is 11.6 Å². The van der Waals surface area contributed by atoms with E-state index in [0.29, 0.717) is 29.4 Å². The quantitative estimate of drug-likeness (QED) is 0.175. The molecule has 1 fully saturated rings. The number of fused-ring (bicyclic) bond motifs is 2. The van der Waals surface area contributed by atoms with Crippen molar-refractivity contribution in [2.45, 2.75) is 57.1 Å². The molecule has 276 valence electrons. The van der Waals surface area contributed by atoms with E-state index in [2.05, 4.69) is 10.0 Å². The average Bonchev–Trinajstić information content (AvgIpc) is 3.67. The number of hydrogen-bond acceptors (Lipinski definition) is 8. The van der Waals surface area contributed by atoms with E-state index >= 15 is 4.39 Å². The number of anilines is 1. The first-order valence-corrected chi connectivity index (χ1v) is 19.7. The first kappa shape index (κ1) is 37.0. The Labute approximate surface area is 299 Å². The van der Waals surface area contributed by atoms with Crippen LogP contribution in [0.2, 0.25) is 0 Å². The highest BCUT2D eigenvalue weighted by molar-refractivity contribution is 7.92. The van der Waals surface area contributed by atoms with Crippen molar-refractivity contribution in [3.05, 3.63) is 83.4 Å². The van der Waals surface area contributed by atoms with Crippen molar-refractivity contribution in [2.75, 3.05) is 30.6 Å². The van der Waals surface area contributed by atoms with Crippen LogP contribution in [-0.2, 0) is 24.8 Å². The van der Waals surface area contributed by atoms with Crippen LogP contribution in [-0.4, -0.2) is 69.2 Å². The molecule has 2 N–H and O–H groups in total. The second-order valence-electron chi connectivity index (χ2n) is 13.5. The zero-order chi connectivity index (χ0) is 37.7. The molecular formula is C36H38F2N4O8S2. The fourth-order valence-corrected chi connectivity index (χ4v) is 8.74. The zero-order valence-corrected chi connectivity index (χ0v) is 30.8. The molecule has 6 rings (SSSR count). The predicted octanol–water partition coefficient (Wildman–Crippen LogP) is 6.81. The van der Waals surface area contributed by atoms with Gasteiger partial charge in [-0.3, -0.25) is 9.52 Å². The Balaban J connectivity index is 1.48. The van der Waals surface area contributed by atoms with Crippen LogP contribution < -0.4 is 10.0 Å². The van der Waals surface area contributed by atoms with Crippen molar-refractivity contribution >= 4 is 59.6 Å². The summed E-state index contributed by atoms with van der Waals surface area (Å²) in [7, 11) is -6.91. The lowest BCUT2D eigenvalue weighted by molar-refractivity contribution is 0.0528. The summed E-state index contributed by atoms with van der Waals surface area (Å²) < 4.78 is 99.8.